The second kappa shape index (κ2) is 8.26. The summed E-state index contributed by atoms with van der Waals surface area (Å²) in [6.45, 7) is 15.1. The molecule has 0 saturated heterocycles. The third-order valence-electron chi connectivity index (χ3n) is 9.08. The number of methoxy groups -OCH3 is 1. The minimum absolute atomic E-state index is 0.0273. The van der Waals surface area contributed by atoms with Crippen molar-refractivity contribution in [3.05, 3.63) is 23.3 Å². The van der Waals surface area contributed by atoms with Crippen LogP contribution < -0.4 is 10.1 Å². The predicted molar refractivity (Wildman–Crippen MR) is 126 cm³/mol. The fourth-order valence-corrected chi connectivity index (χ4v) is 7.06. The lowest BCUT2D eigenvalue weighted by molar-refractivity contribution is -0.135. The van der Waals surface area contributed by atoms with Crippen molar-refractivity contribution in [1.82, 2.24) is 5.32 Å². The number of hydrogen-bond donors (Lipinski definition) is 2. The van der Waals surface area contributed by atoms with Crippen LogP contribution in [-0.4, -0.2) is 37.0 Å². The Hall–Kier alpha value is -1.26. The number of rotatable bonds is 7. The van der Waals surface area contributed by atoms with Crippen molar-refractivity contribution >= 4 is 0 Å². The fraction of sp³-hybridized carbons (Fsp3) is 0.778. The second-order valence-corrected chi connectivity index (χ2v) is 11.4. The number of phenolic OH excluding ortho intramolecular Hbond substituents is 1. The summed E-state index contributed by atoms with van der Waals surface area (Å²) in [7, 11) is 1.85. The van der Waals surface area contributed by atoms with Crippen molar-refractivity contribution in [2.75, 3.05) is 13.7 Å². The Balaban J connectivity index is 1.84. The van der Waals surface area contributed by atoms with E-state index in [1.54, 1.807) is 0 Å². The monoisotopic (exact) mass is 429 g/mol. The summed E-state index contributed by atoms with van der Waals surface area (Å²) in [6, 6.07) is 4.40. The summed E-state index contributed by atoms with van der Waals surface area (Å²) in [5.41, 5.74) is 2.73. The number of phenols is 1. The van der Waals surface area contributed by atoms with Gasteiger partial charge in [-0.3, -0.25) is 0 Å². The van der Waals surface area contributed by atoms with E-state index in [4.69, 9.17) is 9.47 Å². The Bertz CT molecular complexity index is 800. The first kappa shape index (κ1) is 22.9. The van der Waals surface area contributed by atoms with E-state index in [-0.39, 0.29) is 28.8 Å². The van der Waals surface area contributed by atoms with Gasteiger partial charge >= 0.3 is 0 Å². The topological polar surface area (TPSA) is 50.7 Å². The minimum atomic E-state index is -0.0969. The molecule has 2 N–H and O–H groups in total. The van der Waals surface area contributed by atoms with Gasteiger partial charge in [0.1, 0.15) is 6.10 Å². The number of ether oxygens (including phenoxy) is 2. The van der Waals surface area contributed by atoms with Crippen LogP contribution in [0.15, 0.2) is 12.1 Å². The van der Waals surface area contributed by atoms with Gasteiger partial charge in [-0.25, -0.2) is 0 Å². The third kappa shape index (κ3) is 3.40. The van der Waals surface area contributed by atoms with Crippen LogP contribution in [-0.2, 0) is 16.6 Å². The van der Waals surface area contributed by atoms with Crippen molar-refractivity contribution < 1.29 is 14.6 Å². The van der Waals surface area contributed by atoms with Gasteiger partial charge in [-0.15, -0.1) is 0 Å². The highest BCUT2D eigenvalue weighted by Crippen LogP contribution is 2.64. The van der Waals surface area contributed by atoms with Gasteiger partial charge < -0.3 is 19.9 Å². The van der Waals surface area contributed by atoms with Crippen LogP contribution in [0.4, 0.5) is 0 Å². The minimum Gasteiger partial charge on any atom is -0.504 e. The van der Waals surface area contributed by atoms with Crippen LogP contribution >= 0.6 is 0 Å². The Morgan fingerprint density at radius 1 is 1.29 bits per heavy atom. The zero-order valence-electron chi connectivity index (χ0n) is 20.6. The van der Waals surface area contributed by atoms with Crippen LogP contribution in [0, 0.1) is 23.2 Å². The van der Waals surface area contributed by atoms with E-state index in [0.717, 1.165) is 31.6 Å². The summed E-state index contributed by atoms with van der Waals surface area (Å²) in [5, 5.41) is 14.7. The lowest BCUT2D eigenvalue weighted by Gasteiger charge is -2.57. The maximum absolute atomic E-state index is 10.7. The Kier molecular flexibility index (Phi) is 6.11. The van der Waals surface area contributed by atoms with Crippen LogP contribution in [0.2, 0.25) is 0 Å². The molecule has 1 aliphatic heterocycles. The van der Waals surface area contributed by atoms with E-state index >= 15 is 0 Å². The van der Waals surface area contributed by atoms with E-state index in [1.165, 1.54) is 24.0 Å². The molecule has 4 heteroatoms. The molecule has 0 radical (unpaired) electrons. The molecule has 1 heterocycles. The molecule has 2 aliphatic carbocycles. The molecule has 0 bridgehead atoms. The van der Waals surface area contributed by atoms with E-state index < -0.39 is 0 Å². The van der Waals surface area contributed by atoms with Crippen molar-refractivity contribution in [3.8, 4) is 11.5 Å². The summed E-state index contributed by atoms with van der Waals surface area (Å²) in [5.74, 6) is 2.43. The zero-order chi connectivity index (χ0) is 22.6. The van der Waals surface area contributed by atoms with Crippen LogP contribution in [0.3, 0.4) is 0 Å². The molecule has 4 rings (SSSR count). The smallest absolute Gasteiger partial charge is 0.165 e. The Morgan fingerprint density at radius 3 is 2.65 bits per heavy atom. The van der Waals surface area contributed by atoms with Crippen molar-refractivity contribution in [2.45, 2.75) is 97.3 Å². The van der Waals surface area contributed by atoms with Gasteiger partial charge in [0.05, 0.1) is 6.10 Å². The normalized spacial score (nSPS) is 34.9. The maximum atomic E-state index is 10.7. The predicted octanol–water partition coefficient (Wildman–Crippen LogP) is 5.45. The average Bonchev–Trinajstić information content (AvgIpc) is 3.10. The first-order valence-corrected chi connectivity index (χ1v) is 12.5. The van der Waals surface area contributed by atoms with Gasteiger partial charge in [0.2, 0.25) is 0 Å². The van der Waals surface area contributed by atoms with Gasteiger partial charge in [-0.2, -0.15) is 0 Å². The molecule has 174 valence electrons. The molecule has 0 spiro atoms. The number of hydrogen-bond acceptors (Lipinski definition) is 4. The van der Waals surface area contributed by atoms with Gasteiger partial charge in [0.15, 0.2) is 11.5 Å². The number of aromatic hydroxyl groups is 1. The molecular weight excluding hydrogens is 386 g/mol. The van der Waals surface area contributed by atoms with Gasteiger partial charge in [0, 0.05) is 24.1 Å². The highest BCUT2D eigenvalue weighted by molar-refractivity contribution is 5.60. The lowest BCUT2D eigenvalue weighted by atomic mass is 9.49. The molecule has 1 saturated carbocycles. The van der Waals surface area contributed by atoms with Crippen molar-refractivity contribution in [2.24, 2.45) is 23.2 Å². The molecule has 1 fully saturated rings. The molecule has 1 aromatic carbocycles. The zero-order valence-corrected chi connectivity index (χ0v) is 20.6. The standard InChI is InChI=1S/C27H43NO3/c1-8-10-13-28-20-14-17-11-12-21(29)24-22(17)27(9-2)19(20)15-18(16(3)26(4,5)6)23(30-7)25(27)31-24/h11-12,16,18-20,23,25,28-29H,8-10,13-15H2,1-7H3/t16-,18-,19?,20-,23-,25+,27+/m1/s1. The van der Waals surface area contributed by atoms with Crippen LogP contribution in [0.1, 0.15) is 78.4 Å². The van der Waals surface area contributed by atoms with E-state index in [2.05, 4.69) is 52.9 Å². The summed E-state index contributed by atoms with van der Waals surface area (Å²) >= 11 is 0. The quantitative estimate of drug-likeness (QED) is 0.566. The van der Waals surface area contributed by atoms with Crippen LogP contribution in [0.25, 0.3) is 0 Å². The molecule has 0 aromatic heterocycles. The van der Waals surface area contributed by atoms with Crippen molar-refractivity contribution in [1.29, 1.82) is 0 Å². The lowest BCUT2D eigenvalue weighted by Crippen LogP contribution is -2.65. The molecular formula is C27H43NO3. The van der Waals surface area contributed by atoms with Gasteiger partial charge in [0.25, 0.3) is 0 Å². The molecule has 7 atom stereocenters. The molecule has 1 aromatic rings. The van der Waals surface area contributed by atoms with E-state index in [1.807, 2.05) is 13.2 Å². The second-order valence-electron chi connectivity index (χ2n) is 11.4. The fourth-order valence-electron chi connectivity index (χ4n) is 7.06. The number of nitrogens with one attached hydrogen (secondary N) is 1. The first-order chi connectivity index (χ1) is 14.7. The number of unbranched alkanes of at least 4 members (excludes halogenated alkanes) is 1. The third-order valence-corrected chi connectivity index (χ3v) is 9.08. The van der Waals surface area contributed by atoms with Gasteiger partial charge in [-0.05, 0) is 67.0 Å². The first-order valence-electron chi connectivity index (χ1n) is 12.5. The Labute approximate surface area is 189 Å². The van der Waals surface area contributed by atoms with E-state index in [9.17, 15) is 5.11 Å². The molecule has 3 aliphatic rings. The summed E-state index contributed by atoms with van der Waals surface area (Å²) < 4.78 is 12.9. The molecule has 0 amide bonds. The van der Waals surface area contributed by atoms with Gasteiger partial charge in [-0.1, -0.05) is 54.0 Å². The van der Waals surface area contributed by atoms with E-state index in [0.29, 0.717) is 23.8 Å². The highest BCUT2D eigenvalue weighted by atomic mass is 16.5. The summed E-state index contributed by atoms with van der Waals surface area (Å²) in [6.07, 6.45) is 5.56. The molecule has 31 heavy (non-hydrogen) atoms. The van der Waals surface area contributed by atoms with Crippen molar-refractivity contribution in [3.63, 3.8) is 0 Å². The largest absolute Gasteiger partial charge is 0.504 e. The maximum Gasteiger partial charge on any atom is 0.165 e. The number of benzene rings is 1. The molecule has 1 unspecified atom stereocenters. The summed E-state index contributed by atoms with van der Waals surface area (Å²) in [4.78, 5) is 0. The average molecular weight is 430 g/mol. The highest BCUT2D eigenvalue weighted by Gasteiger charge is 2.65. The molecule has 4 nitrogen and oxygen atoms in total. The Morgan fingerprint density at radius 2 is 2.03 bits per heavy atom. The van der Waals surface area contributed by atoms with Crippen LogP contribution in [0.5, 0.6) is 11.5 Å². The SMILES string of the molecule is CCCCN[C@@H]1Cc2ccc(O)c3c2[C@]2(CC)C1C[C@H]([C@@H](C)C(C)(C)C)[C@@H](OC)[C@@H]2O3.